The van der Waals surface area contributed by atoms with Gasteiger partial charge in [0.15, 0.2) is 0 Å². The summed E-state index contributed by atoms with van der Waals surface area (Å²) in [6.07, 6.45) is 0. The van der Waals surface area contributed by atoms with Crippen LogP contribution in [0.2, 0.25) is 10.0 Å². The molecule has 136 valence electrons. The van der Waals surface area contributed by atoms with Crippen molar-refractivity contribution in [3.63, 3.8) is 0 Å². The van der Waals surface area contributed by atoms with E-state index in [9.17, 15) is 22.3 Å². The molecule has 0 spiro atoms. The van der Waals surface area contributed by atoms with Gasteiger partial charge in [0, 0.05) is 17.1 Å². The molecule has 0 saturated heterocycles. The van der Waals surface area contributed by atoms with E-state index in [0.29, 0.717) is 0 Å². The summed E-state index contributed by atoms with van der Waals surface area (Å²) in [5.41, 5.74) is -0.0361. The van der Waals surface area contributed by atoms with Crippen LogP contribution in [0.3, 0.4) is 0 Å². The molecule has 3 rings (SSSR count). The van der Waals surface area contributed by atoms with Gasteiger partial charge in [0.1, 0.15) is 15.8 Å². The zero-order valence-corrected chi connectivity index (χ0v) is 14.8. The molecule has 0 saturated carbocycles. The number of phenolic OH excluding ortho intramolecular Hbond substituents is 1. The average molecular weight is 421 g/mol. The number of anilines is 2. The summed E-state index contributed by atoms with van der Waals surface area (Å²) in [5.74, 6) is -2.90. The van der Waals surface area contributed by atoms with Crippen molar-refractivity contribution in [3.05, 3.63) is 52.3 Å². The molecule has 0 bridgehead atoms. The molecule has 2 aromatic carbocycles. The molecule has 6 nitrogen and oxygen atoms in total. The third-order valence-corrected chi connectivity index (χ3v) is 4.99. The highest BCUT2D eigenvalue weighted by Crippen LogP contribution is 2.37. The van der Waals surface area contributed by atoms with E-state index in [2.05, 4.69) is 10.3 Å². The maximum absolute atomic E-state index is 13.5. The Labute approximate surface area is 155 Å². The second kappa shape index (κ2) is 6.51. The molecule has 3 N–H and O–H groups in total. The fourth-order valence-electron chi connectivity index (χ4n) is 2.29. The third-order valence-electron chi connectivity index (χ3n) is 3.47. The summed E-state index contributed by atoms with van der Waals surface area (Å²) in [7, 11) is -4.54. The molecule has 0 amide bonds. The Hall–Kier alpha value is -2.20. The summed E-state index contributed by atoms with van der Waals surface area (Å²) in [4.78, 5) is 2.39. The molecule has 26 heavy (non-hydrogen) atoms. The van der Waals surface area contributed by atoms with Gasteiger partial charge in [-0.15, -0.1) is 0 Å². The van der Waals surface area contributed by atoms with E-state index in [-0.39, 0.29) is 27.9 Å². The molecular formula is C15H8Cl2F2N2O4S. The molecule has 0 aliphatic rings. The van der Waals surface area contributed by atoms with Crippen molar-refractivity contribution in [1.82, 2.24) is 4.98 Å². The molecule has 0 aliphatic heterocycles. The number of fused-ring (bicyclic) bond motifs is 1. The number of nitrogens with zero attached hydrogens (tertiary/aromatic N) is 1. The first kappa shape index (κ1) is 18.6. The van der Waals surface area contributed by atoms with Gasteiger partial charge in [-0.1, -0.05) is 23.2 Å². The first-order valence-corrected chi connectivity index (χ1v) is 8.99. The predicted molar refractivity (Wildman–Crippen MR) is 92.9 cm³/mol. The highest BCUT2D eigenvalue weighted by molar-refractivity contribution is 7.85. The van der Waals surface area contributed by atoms with Crippen LogP contribution in [0, 0.1) is 11.9 Å². The van der Waals surface area contributed by atoms with Crippen molar-refractivity contribution in [1.29, 1.82) is 0 Å². The second-order valence-corrected chi connectivity index (χ2v) is 7.35. The van der Waals surface area contributed by atoms with Crippen molar-refractivity contribution in [2.24, 2.45) is 0 Å². The van der Waals surface area contributed by atoms with Gasteiger partial charge in [0.2, 0.25) is 11.9 Å². The molecule has 0 atom stereocenters. The molecule has 0 unspecified atom stereocenters. The van der Waals surface area contributed by atoms with Crippen LogP contribution in [-0.4, -0.2) is 23.1 Å². The summed E-state index contributed by atoms with van der Waals surface area (Å²) in [5, 5.41) is 12.0. The van der Waals surface area contributed by atoms with E-state index in [4.69, 9.17) is 27.8 Å². The molecule has 0 fully saturated rings. The summed E-state index contributed by atoms with van der Waals surface area (Å²) in [6, 6.07) is 6.25. The standard InChI is InChI=1S/C15H8Cl2F2N2O4S/c16-11-13(12(17)15(19)21-14(11)18)20-7-1-2-9-6(3-7)4-8(5-10(9)22)26(23,24)25/h1-5,22H,(H,20,21)(H,23,24,25). The topological polar surface area (TPSA) is 99.5 Å². The fourth-order valence-corrected chi connectivity index (χ4v) is 3.24. The predicted octanol–water partition coefficient (Wildman–Crippen LogP) is 4.52. The van der Waals surface area contributed by atoms with Crippen LogP contribution in [0.4, 0.5) is 20.2 Å². The molecule has 3 aromatic rings. The summed E-state index contributed by atoms with van der Waals surface area (Å²) in [6.45, 7) is 0. The maximum Gasteiger partial charge on any atom is 0.294 e. The second-order valence-electron chi connectivity index (χ2n) is 5.17. The van der Waals surface area contributed by atoms with Gasteiger partial charge >= 0.3 is 0 Å². The number of hydrogen-bond donors (Lipinski definition) is 3. The monoisotopic (exact) mass is 420 g/mol. The third kappa shape index (κ3) is 3.38. The zero-order chi connectivity index (χ0) is 19.2. The largest absolute Gasteiger partial charge is 0.507 e. The van der Waals surface area contributed by atoms with Crippen LogP contribution >= 0.6 is 23.2 Å². The number of halogens is 4. The van der Waals surface area contributed by atoms with Gasteiger partial charge in [-0.2, -0.15) is 22.2 Å². The number of nitrogens with one attached hydrogen (secondary N) is 1. The quantitative estimate of drug-likeness (QED) is 0.425. The van der Waals surface area contributed by atoms with E-state index >= 15 is 0 Å². The lowest BCUT2D eigenvalue weighted by atomic mass is 10.1. The minimum absolute atomic E-state index is 0.227. The van der Waals surface area contributed by atoms with Crippen molar-refractivity contribution >= 4 is 55.5 Å². The molecule has 1 aromatic heterocycles. The lowest BCUT2D eigenvalue weighted by molar-refractivity contribution is 0.471. The van der Waals surface area contributed by atoms with Gasteiger partial charge < -0.3 is 10.4 Å². The summed E-state index contributed by atoms with van der Waals surface area (Å²) < 4.78 is 58.7. The number of hydrogen-bond acceptors (Lipinski definition) is 5. The van der Waals surface area contributed by atoms with Crippen molar-refractivity contribution < 1.29 is 26.9 Å². The van der Waals surface area contributed by atoms with E-state index in [1.165, 1.54) is 18.2 Å². The van der Waals surface area contributed by atoms with Crippen LogP contribution < -0.4 is 5.32 Å². The smallest absolute Gasteiger partial charge is 0.294 e. The lowest BCUT2D eigenvalue weighted by Crippen LogP contribution is -2.00. The minimum atomic E-state index is -4.54. The number of phenols is 1. The molecule has 0 aliphatic carbocycles. The Morgan fingerprint density at radius 3 is 2.23 bits per heavy atom. The number of aromatic hydroxyl groups is 1. The Morgan fingerprint density at radius 2 is 1.65 bits per heavy atom. The minimum Gasteiger partial charge on any atom is -0.507 e. The van der Waals surface area contributed by atoms with E-state index in [1.807, 2.05) is 0 Å². The Balaban J connectivity index is 2.13. The Kier molecular flexibility index (Phi) is 4.65. The van der Waals surface area contributed by atoms with E-state index in [0.717, 1.165) is 12.1 Å². The number of benzene rings is 2. The first-order valence-electron chi connectivity index (χ1n) is 6.79. The van der Waals surface area contributed by atoms with Gasteiger partial charge in [0.25, 0.3) is 10.1 Å². The van der Waals surface area contributed by atoms with Gasteiger partial charge in [0.05, 0.1) is 10.6 Å². The number of rotatable bonds is 3. The van der Waals surface area contributed by atoms with E-state index in [1.54, 1.807) is 0 Å². The Morgan fingerprint density at radius 1 is 1.04 bits per heavy atom. The SMILES string of the molecule is O=S(=O)(O)c1cc(O)c2ccc(Nc3c(Cl)c(F)nc(F)c3Cl)cc2c1. The van der Waals surface area contributed by atoms with Crippen LogP contribution in [0.1, 0.15) is 0 Å². The lowest BCUT2D eigenvalue weighted by Gasteiger charge is -2.12. The zero-order valence-electron chi connectivity index (χ0n) is 12.5. The number of aromatic nitrogens is 1. The van der Waals surface area contributed by atoms with Crippen molar-refractivity contribution in [2.75, 3.05) is 5.32 Å². The van der Waals surface area contributed by atoms with Gasteiger partial charge in [-0.05, 0) is 29.7 Å². The summed E-state index contributed by atoms with van der Waals surface area (Å²) >= 11 is 11.5. The molecule has 0 radical (unpaired) electrons. The van der Waals surface area contributed by atoms with E-state index < -0.39 is 37.0 Å². The normalized spacial score (nSPS) is 11.7. The average Bonchev–Trinajstić information content (AvgIpc) is 2.56. The highest BCUT2D eigenvalue weighted by atomic mass is 35.5. The van der Waals surface area contributed by atoms with Gasteiger partial charge in [-0.25, -0.2) is 0 Å². The van der Waals surface area contributed by atoms with Crippen molar-refractivity contribution in [3.8, 4) is 5.75 Å². The number of pyridine rings is 1. The Bertz CT molecular complexity index is 1130. The fraction of sp³-hybridized carbons (Fsp3) is 0. The molecular weight excluding hydrogens is 413 g/mol. The maximum atomic E-state index is 13.5. The highest BCUT2D eigenvalue weighted by Gasteiger charge is 2.18. The van der Waals surface area contributed by atoms with Crippen LogP contribution in [0.25, 0.3) is 10.8 Å². The van der Waals surface area contributed by atoms with Crippen molar-refractivity contribution in [2.45, 2.75) is 4.90 Å². The van der Waals surface area contributed by atoms with Crippen LogP contribution in [0.15, 0.2) is 35.2 Å². The first-order chi connectivity index (χ1) is 12.1. The molecule has 11 heteroatoms. The van der Waals surface area contributed by atoms with Crippen LogP contribution in [0.5, 0.6) is 5.75 Å². The van der Waals surface area contributed by atoms with Crippen LogP contribution in [-0.2, 0) is 10.1 Å². The van der Waals surface area contributed by atoms with Gasteiger partial charge in [-0.3, -0.25) is 4.55 Å². The molecule has 1 heterocycles.